The highest BCUT2D eigenvalue weighted by molar-refractivity contribution is 7.85. The Morgan fingerprint density at radius 1 is 0.380 bits per heavy atom. The third kappa shape index (κ3) is 51.3. The zero-order valence-electron chi connectivity index (χ0n) is 71.2. The van der Waals surface area contributed by atoms with E-state index in [1.807, 2.05) is 0 Å². The molecule has 0 radical (unpaired) electrons. The number of rotatable bonds is 57. The Morgan fingerprint density at radius 3 is 1.04 bits per heavy atom. The molecule has 0 aliphatic rings. The minimum atomic E-state index is -4.24. The van der Waals surface area contributed by atoms with E-state index in [0.29, 0.717) is 42.0 Å². The maximum absolute atomic E-state index is 12.2. The highest BCUT2D eigenvalue weighted by Gasteiger charge is 2.42. The Kier molecular flexibility index (Phi) is 57.9. The van der Waals surface area contributed by atoms with Gasteiger partial charge in [-0.1, -0.05) is 238 Å². The number of alkyl carbamates (subject to hydrolysis) is 4. The average Bonchev–Trinajstić information content (AvgIpc) is 0.806. The van der Waals surface area contributed by atoms with Gasteiger partial charge >= 0.3 is 72.4 Å². The lowest BCUT2D eigenvalue weighted by molar-refractivity contribution is -0.156. The molecule has 0 spiro atoms. The molecule has 0 aromatic heterocycles. The largest absolute Gasteiger partial charge is 0.481 e. The molecule has 0 atom stereocenters. The molecule has 34 heteroatoms. The summed E-state index contributed by atoms with van der Waals surface area (Å²) in [5.41, 5.74) is -3.69. The van der Waals surface area contributed by atoms with E-state index < -0.39 is 119 Å². The van der Waals surface area contributed by atoms with Crippen LogP contribution in [0.2, 0.25) is 0 Å². The van der Waals surface area contributed by atoms with Crippen molar-refractivity contribution in [2.75, 3.05) is 89.7 Å². The Labute approximate surface area is 711 Å². The number of aliphatic carboxylic acids is 3. The smallest absolute Gasteiger partial charge is 0.411 e. The van der Waals surface area contributed by atoms with Crippen LogP contribution in [0.25, 0.3) is 10.8 Å². The van der Waals surface area contributed by atoms with Crippen molar-refractivity contribution < 1.29 is 128 Å². The van der Waals surface area contributed by atoms with Gasteiger partial charge in [0.2, 0.25) is 0 Å². The SMILES string of the molecule is C=CC(=O)OCCNC(=O)OCC(CC)(COC(=O)NCCOC(=O)C=C)C(=O)O.CCC(COC(=O)Nc1ccccc1)(COC(=O)Nc1ccccc1)C(=O)O.CCCCCCCCCCCCCCCCCCCC(=O)Oc1ccc2cc(S(=O)(=O)O)ccc2c1.CCCCCCNC(=O)OCC(C)(COC(=O)NCCCCCC)C(=O)O. The minimum Gasteiger partial charge on any atom is -0.481 e. The number of carbonyl (C=O) groups excluding carboxylic acids is 9. The standard InChI is InChI=1S/C30H46O5S.C20H22N2O6.C19H36N2O6.C18H26N2O10/c1-2-3-4-5-6-7-8-9-10-11-12-13-14-15-16-17-18-19-30(31)35-28-22-20-27-25-29(36(32,33)34)23-21-26(27)24-28;1-2-20(17(23)24,13-27-18(25)21-15-9-5-3-6-10-15)14-28-19(26)22-16-11-7-4-8-12-16;1-4-6-8-10-12-20-17(24)26-14-19(3,16(22)23)15-27-18(25)21-13-11-9-7-5-2;1-4-13(21)27-9-7-19-16(25)29-11-18(6-3,15(23)24)12-30-17(26)20-8-10-28-14(22)5-2/h20-25H,2-19H2,1H3,(H,32,33,34);3-12H,2,13-14H2,1H3,(H,21,25)(H,22,26)(H,23,24);4-15H2,1-3H3,(H,20,24)(H,21,25)(H,22,23);4-5H,1-2,6-12H2,3H3,(H,19,25)(H,20,26)(H,23,24). The number of esters is 3. The van der Waals surface area contributed by atoms with Crippen molar-refractivity contribution >= 4 is 105 Å². The van der Waals surface area contributed by atoms with Gasteiger partial charge in [0.15, 0.2) is 0 Å². The Morgan fingerprint density at radius 2 is 0.702 bits per heavy atom. The number of hydrogen-bond acceptors (Lipinski definition) is 23. The lowest BCUT2D eigenvalue weighted by Gasteiger charge is -2.27. The topological polar surface area (TPSA) is 475 Å². The first kappa shape index (κ1) is 108. The number of carboxylic acid groups (broad SMARTS) is 3. The number of carboxylic acids is 3. The summed E-state index contributed by atoms with van der Waals surface area (Å²) < 4.78 is 76.4. The van der Waals surface area contributed by atoms with Crippen LogP contribution in [0.3, 0.4) is 0 Å². The third-order valence-electron chi connectivity index (χ3n) is 18.7. The van der Waals surface area contributed by atoms with Crippen molar-refractivity contribution in [2.24, 2.45) is 16.2 Å². The van der Waals surface area contributed by atoms with Crippen molar-refractivity contribution in [3.05, 3.63) is 122 Å². The fourth-order valence-electron chi connectivity index (χ4n) is 10.8. The third-order valence-corrected chi connectivity index (χ3v) is 19.6. The molecule has 0 saturated heterocycles. The molecule has 0 unspecified atom stereocenters. The first-order valence-electron chi connectivity index (χ1n) is 41.5. The molecule has 0 heterocycles. The molecule has 0 aliphatic heterocycles. The molecule has 10 N–H and O–H groups in total. The number of nitrogens with one attached hydrogen (secondary N) is 6. The van der Waals surface area contributed by atoms with E-state index >= 15 is 0 Å². The molecule has 676 valence electrons. The van der Waals surface area contributed by atoms with E-state index in [2.05, 4.69) is 75.3 Å². The molecule has 121 heavy (non-hydrogen) atoms. The molecule has 4 aromatic rings. The van der Waals surface area contributed by atoms with Crippen molar-refractivity contribution in [1.82, 2.24) is 21.3 Å². The number of anilines is 2. The first-order valence-corrected chi connectivity index (χ1v) is 43.0. The van der Waals surface area contributed by atoms with E-state index in [1.165, 1.54) is 116 Å². The fourth-order valence-corrected chi connectivity index (χ4v) is 11.4. The van der Waals surface area contributed by atoms with Crippen molar-refractivity contribution in [1.29, 1.82) is 0 Å². The van der Waals surface area contributed by atoms with Gasteiger partial charge in [0.1, 0.15) is 74.8 Å². The molecule has 0 fully saturated rings. The summed E-state index contributed by atoms with van der Waals surface area (Å²) in [4.78, 5) is 139. The highest BCUT2D eigenvalue weighted by atomic mass is 32.2. The van der Waals surface area contributed by atoms with E-state index in [1.54, 1.807) is 91.9 Å². The van der Waals surface area contributed by atoms with Crippen LogP contribution in [0.5, 0.6) is 5.75 Å². The van der Waals surface area contributed by atoms with Crippen LogP contribution in [0.4, 0.5) is 40.1 Å². The van der Waals surface area contributed by atoms with Gasteiger partial charge in [0.25, 0.3) is 10.1 Å². The Bertz CT molecular complexity index is 3720. The minimum absolute atomic E-state index is 0.00319. The van der Waals surface area contributed by atoms with Crippen LogP contribution in [-0.4, -0.2) is 180 Å². The lowest BCUT2D eigenvalue weighted by Crippen LogP contribution is -2.43. The predicted molar refractivity (Wildman–Crippen MR) is 455 cm³/mol. The molecule has 0 bridgehead atoms. The average molecular weight is 1720 g/mol. The van der Waals surface area contributed by atoms with Gasteiger partial charge in [0.05, 0.1) is 18.0 Å². The number of amides is 6. The molecule has 6 amide bonds. The quantitative estimate of drug-likeness (QED) is 0.00490. The second kappa shape index (κ2) is 64.8. The second-order valence-corrected chi connectivity index (χ2v) is 30.2. The van der Waals surface area contributed by atoms with Gasteiger partial charge in [-0.05, 0) is 98.3 Å². The van der Waals surface area contributed by atoms with Gasteiger partial charge in [-0.15, -0.1) is 0 Å². The monoisotopic (exact) mass is 1720 g/mol. The molecule has 0 aliphatic carbocycles. The summed E-state index contributed by atoms with van der Waals surface area (Å²) in [7, 11) is -4.24. The van der Waals surface area contributed by atoms with Crippen LogP contribution < -0.4 is 36.6 Å². The zero-order chi connectivity index (χ0) is 90.0. The maximum atomic E-state index is 12.2. The predicted octanol–water partition coefficient (Wildman–Crippen LogP) is 17.1. The van der Waals surface area contributed by atoms with Crippen LogP contribution in [-0.2, 0) is 76.8 Å². The highest BCUT2D eigenvalue weighted by Crippen LogP contribution is 2.28. The lowest BCUT2D eigenvalue weighted by atomic mass is 9.87. The van der Waals surface area contributed by atoms with Gasteiger partial charge in [-0.2, -0.15) is 8.42 Å². The summed E-state index contributed by atoms with van der Waals surface area (Å²) in [5, 5.41) is 44.6. The zero-order valence-corrected chi connectivity index (χ0v) is 72.0. The van der Waals surface area contributed by atoms with E-state index in [-0.39, 0.29) is 63.2 Å². The van der Waals surface area contributed by atoms with Crippen LogP contribution in [0.1, 0.15) is 221 Å². The van der Waals surface area contributed by atoms with Gasteiger partial charge in [-0.25, -0.2) is 38.4 Å². The summed E-state index contributed by atoms with van der Waals surface area (Å²) >= 11 is 0. The van der Waals surface area contributed by atoms with Crippen LogP contribution in [0.15, 0.2) is 127 Å². The first-order chi connectivity index (χ1) is 57.9. The molecular weight excluding hydrogens is 1590 g/mol. The number of fused-ring (bicyclic) bond motifs is 1. The number of hydrogen-bond donors (Lipinski definition) is 10. The fraction of sp³-hybridized carbons (Fsp3) is 0.563. The second-order valence-electron chi connectivity index (χ2n) is 28.8. The molecule has 4 aromatic carbocycles. The molecule has 33 nitrogen and oxygen atoms in total. The molecule has 0 saturated carbocycles. The number of ether oxygens (including phenoxy) is 9. The van der Waals surface area contributed by atoms with Gasteiger partial charge < -0.3 is 79.2 Å². The Balaban J connectivity index is 0.000000812. The van der Waals surface area contributed by atoms with Crippen molar-refractivity contribution in [2.45, 2.75) is 226 Å². The van der Waals surface area contributed by atoms with Gasteiger partial charge in [0, 0.05) is 43.0 Å². The van der Waals surface area contributed by atoms with Crippen LogP contribution in [0, 0.1) is 16.2 Å². The number of unbranched alkanes of at least 4 members (excludes halogenated alkanes) is 22. The maximum Gasteiger partial charge on any atom is 0.411 e. The van der Waals surface area contributed by atoms with E-state index in [4.69, 9.17) is 37.7 Å². The Hall–Kier alpha value is -11.0. The van der Waals surface area contributed by atoms with Crippen molar-refractivity contribution in [3.63, 3.8) is 0 Å². The van der Waals surface area contributed by atoms with Gasteiger partial charge in [-0.3, -0.25) is 34.4 Å². The molecule has 4 rings (SSSR count). The summed E-state index contributed by atoms with van der Waals surface area (Å²) in [6.07, 6.45) is 28.0. The summed E-state index contributed by atoms with van der Waals surface area (Å²) in [6, 6.07) is 26.6. The van der Waals surface area contributed by atoms with E-state index in [0.717, 1.165) is 88.2 Å². The summed E-state index contributed by atoms with van der Waals surface area (Å²) in [6.45, 7) is 15.2. The molecular formula is C87H130N6O27S. The van der Waals surface area contributed by atoms with Crippen LogP contribution >= 0.6 is 0 Å². The number of para-hydroxylation sites is 2. The van der Waals surface area contributed by atoms with E-state index in [9.17, 15) is 81.3 Å². The number of benzene rings is 4. The normalized spacial score (nSPS) is 10.9. The number of carbonyl (C=O) groups is 12. The van der Waals surface area contributed by atoms with Crippen molar-refractivity contribution in [3.8, 4) is 5.75 Å². The summed E-state index contributed by atoms with van der Waals surface area (Å²) in [5.74, 6) is -4.87.